The summed E-state index contributed by atoms with van der Waals surface area (Å²) in [5.41, 5.74) is 2.08. The number of benzene rings is 1. The SMILES string of the molecule is Cc1cc2c(cc1O)C13CCN(C(=O)CN4CCC[C@H]4C)CCC1(O)C(C2)N(CC1CC1)CC3. The van der Waals surface area contributed by atoms with Crippen LogP contribution < -0.4 is 0 Å². The number of amides is 1. The molecule has 6 nitrogen and oxygen atoms in total. The molecule has 1 aromatic rings. The Balaban J connectivity index is 1.33. The van der Waals surface area contributed by atoms with Crippen LogP contribution in [0.5, 0.6) is 5.75 Å². The van der Waals surface area contributed by atoms with Crippen molar-refractivity contribution < 1.29 is 15.0 Å². The molecular formula is C28H41N3O3. The molecule has 34 heavy (non-hydrogen) atoms. The molecule has 0 radical (unpaired) electrons. The van der Waals surface area contributed by atoms with Crippen molar-refractivity contribution in [1.82, 2.24) is 14.7 Å². The molecule has 0 aromatic heterocycles. The predicted molar refractivity (Wildman–Crippen MR) is 132 cm³/mol. The van der Waals surface area contributed by atoms with E-state index in [4.69, 9.17) is 0 Å². The summed E-state index contributed by atoms with van der Waals surface area (Å²) in [6.45, 7) is 9.11. The Kier molecular flexibility index (Phi) is 5.51. The standard InChI is InChI=1S/C28H41N3O3/c1-19-14-22-15-25-28(34)9-13-29(26(33)18-30-10-3-4-20(30)2)11-7-27(28,23(22)16-24(19)32)8-12-31(25)17-21-5-6-21/h14,16,20-21,25,32,34H,3-13,15,17-18H2,1-2H3/t20-,25?,27?,28?/m1/s1. The van der Waals surface area contributed by atoms with Crippen molar-refractivity contribution in [2.75, 3.05) is 39.3 Å². The average molecular weight is 468 g/mol. The lowest BCUT2D eigenvalue weighted by molar-refractivity contribution is -0.149. The van der Waals surface area contributed by atoms with Crippen LogP contribution in [0, 0.1) is 12.8 Å². The van der Waals surface area contributed by atoms with E-state index in [1.165, 1.54) is 31.2 Å². The van der Waals surface area contributed by atoms with Gasteiger partial charge in [0.2, 0.25) is 5.91 Å². The van der Waals surface area contributed by atoms with Gasteiger partial charge in [0.05, 0.1) is 12.1 Å². The Morgan fingerprint density at radius 3 is 2.56 bits per heavy atom. The molecule has 3 aliphatic heterocycles. The first-order valence-electron chi connectivity index (χ1n) is 13.6. The molecule has 2 bridgehead atoms. The molecule has 1 saturated carbocycles. The summed E-state index contributed by atoms with van der Waals surface area (Å²) < 4.78 is 0. The fourth-order valence-electron chi connectivity index (χ4n) is 7.80. The number of fused-ring (bicyclic) bond motifs is 1. The first-order chi connectivity index (χ1) is 16.3. The minimum absolute atomic E-state index is 0.0898. The van der Waals surface area contributed by atoms with E-state index >= 15 is 0 Å². The number of nitrogens with zero attached hydrogens (tertiary/aromatic N) is 3. The van der Waals surface area contributed by atoms with Gasteiger partial charge in [0.25, 0.3) is 0 Å². The highest BCUT2D eigenvalue weighted by Gasteiger charge is 2.63. The molecule has 6 rings (SSSR count). The van der Waals surface area contributed by atoms with E-state index in [0.29, 0.717) is 37.8 Å². The van der Waals surface area contributed by atoms with Crippen LogP contribution in [-0.2, 0) is 16.6 Å². The maximum Gasteiger partial charge on any atom is 0.236 e. The van der Waals surface area contributed by atoms with Crippen molar-refractivity contribution in [3.8, 4) is 5.75 Å². The van der Waals surface area contributed by atoms with Crippen LogP contribution in [0.1, 0.15) is 68.6 Å². The zero-order valence-corrected chi connectivity index (χ0v) is 20.9. The van der Waals surface area contributed by atoms with Gasteiger partial charge in [0.15, 0.2) is 0 Å². The van der Waals surface area contributed by atoms with Crippen molar-refractivity contribution >= 4 is 5.91 Å². The smallest absolute Gasteiger partial charge is 0.236 e. The van der Waals surface area contributed by atoms with Crippen LogP contribution in [0.2, 0.25) is 0 Å². The maximum absolute atomic E-state index is 13.4. The molecule has 0 spiro atoms. The van der Waals surface area contributed by atoms with Gasteiger partial charge in [-0.3, -0.25) is 14.6 Å². The summed E-state index contributed by atoms with van der Waals surface area (Å²) in [6, 6.07) is 4.68. The Bertz CT molecular complexity index is 978. The number of phenolic OH excluding ortho intramolecular Hbond substituents is 1. The van der Waals surface area contributed by atoms with Crippen LogP contribution in [0.4, 0.5) is 0 Å². The summed E-state index contributed by atoms with van der Waals surface area (Å²) in [4.78, 5) is 20.3. The highest BCUT2D eigenvalue weighted by Crippen LogP contribution is 2.57. The van der Waals surface area contributed by atoms with Gasteiger partial charge in [0.1, 0.15) is 5.75 Å². The lowest BCUT2D eigenvalue weighted by Crippen LogP contribution is -2.71. The van der Waals surface area contributed by atoms with E-state index in [-0.39, 0.29) is 11.9 Å². The van der Waals surface area contributed by atoms with Gasteiger partial charge in [0, 0.05) is 37.1 Å². The van der Waals surface area contributed by atoms with Crippen molar-refractivity contribution in [3.63, 3.8) is 0 Å². The Morgan fingerprint density at radius 1 is 1.06 bits per heavy atom. The van der Waals surface area contributed by atoms with Crippen LogP contribution in [0.3, 0.4) is 0 Å². The average Bonchev–Trinajstić information content (AvgIpc) is 3.56. The Labute approximate surface area is 203 Å². The lowest BCUT2D eigenvalue weighted by Gasteiger charge is -2.61. The fourth-order valence-corrected chi connectivity index (χ4v) is 7.80. The van der Waals surface area contributed by atoms with Gasteiger partial charge in [-0.2, -0.15) is 0 Å². The summed E-state index contributed by atoms with van der Waals surface area (Å²) in [5, 5.41) is 23.3. The quantitative estimate of drug-likeness (QED) is 0.713. The number of likely N-dealkylation sites (tertiary alicyclic amines) is 3. The molecule has 2 N–H and O–H groups in total. The van der Waals surface area contributed by atoms with Crippen molar-refractivity contribution in [1.29, 1.82) is 0 Å². The van der Waals surface area contributed by atoms with Crippen molar-refractivity contribution in [3.05, 3.63) is 28.8 Å². The summed E-state index contributed by atoms with van der Waals surface area (Å²) in [6.07, 6.45) is 8.10. The van der Waals surface area contributed by atoms with Gasteiger partial charge >= 0.3 is 0 Å². The number of carbonyl (C=O) groups is 1. The molecular weight excluding hydrogens is 426 g/mol. The number of phenols is 1. The monoisotopic (exact) mass is 467 g/mol. The third-order valence-corrected chi connectivity index (χ3v) is 10.1. The highest BCUT2D eigenvalue weighted by atomic mass is 16.3. The second-order valence-corrected chi connectivity index (χ2v) is 12.1. The Hall–Kier alpha value is -1.63. The van der Waals surface area contributed by atoms with Crippen molar-refractivity contribution in [2.24, 2.45) is 5.92 Å². The zero-order valence-electron chi connectivity index (χ0n) is 20.9. The van der Waals surface area contributed by atoms with Gasteiger partial charge in [-0.1, -0.05) is 6.07 Å². The second kappa shape index (κ2) is 8.21. The molecule has 4 atom stereocenters. The molecule has 3 unspecified atom stereocenters. The van der Waals surface area contributed by atoms with E-state index in [9.17, 15) is 15.0 Å². The molecule has 6 heteroatoms. The van der Waals surface area contributed by atoms with E-state index in [1.807, 2.05) is 17.9 Å². The first kappa shape index (κ1) is 22.8. The predicted octanol–water partition coefficient (Wildman–Crippen LogP) is 2.82. The lowest BCUT2D eigenvalue weighted by atomic mass is 9.52. The largest absolute Gasteiger partial charge is 0.508 e. The molecule has 3 saturated heterocycles. The number of hydrogen-bond donors (Lipinski definition) is 2. The third kappa shape index (κ3) is 3.51. The number of rotatable bonds is 4. The summed E-state index contributed by atoms with van der Waals surface area (Å²) >= 11 is 0. The third-order valence-electron chi connectivity index (χ3n) is 10.1. The molecule has 186 valence electrons. The van der Waals surface area contributed by atoms with Gasteiger partial charge in [-0.25, -0.2) is 0 Å². The highest BCUT2D eigenvalue weighted by molar-refractivity contribution is 5.78. The summed E-state index contributed by atoms with van der Waals surface area (Å²) in [5.74, 6) is 1.32. The number of carbonyl (C=O) groups excluding carboxylic acids is 1. The number of aromatic hydroxyl groups is 1. The minimum Gasteiger partial charge on any atom is -0.508 e. The molecule has 5 aliphatic rings. The van der Waals surface area contributed by atoms with E-state index < -0.39 is 11.0 Å². The number of aryl methyl sites for hydroxylation is 1. The molecule has 3 heterocycles. The van der Waals surface area contributed by atoms with Gasteiger partial charge < -0.3 is 15.1 Å². The molecule has 1 aromatic carbocycles. The van der Waals surface area contributed by atoms with Gasteiger partial charge in [-0.05, 0) is 107 Å². The fraction of sp³-hybridized carbons (Fsp3) is 0.750. The van der Waals surface area contributed by atoms with Crippen LogP contribution in [0.25, 0.3) is 0 Å². The van der Waals surface area contributed by atoms with Crippen LogP contribution in [0.15, 0.2) is 12.1 Å². The first-order valence-corrected chi connectivity index (χ1v) is 13.6. The van der Waals surface area contributed by atoms with Crippen LogP contribution in [-0.4, -0.2) is 87.8 Å². The zero-order chi connectivity index (χ0) is 23.7. The topological polar surface area (TPSA) is 67.2 Å². The minimum atomic E-state index is -0.870. The molecule has 2 aliphatic carbocycles. The van der Waals surface area contributed by atoms with E-state index in [2.05, 4.69) is 22.8 Å². The van der Waals surface area contributed by atoms with E-state index in [0.717, 1.165) is 55.9 Å². The maximum atomic E-state index is 13.4. The van der Waals surface area contributed by atoms with E-state index in [1.54, 1.807) is 0 Å². The second-order valence-electron chi connectivity index (χ2n) is 12.1. The van der Waals surface area contributed by atoms with Crippen molar-refractivity contribution in [2.45, 2.75) is 88.3 Å². The summed E-state index contributed by atoms with van der Waals surface area (Å²) in [7, 11) is 0. The number of aliphatic hydroxyl groups is 1. The number of hydrogen-bond acceptors (Lipinski definition) is 5. The molecule has 1 amide bonds. The Morgan fingerprint density at radius 2 is 1.82 bits per heavy atom. The number of piperidine rings is 1. The van der Waals surface area contributed by atoms with Crippen LogP contribution >= 0.6 is 0 Å². The molecule has 4 fully saturated rings. The van der Waals surface area contributed by atoms with Gasteiger partial charge in [-0.15, -0.1) is 0 Å². The normalized spacial score (nSPS) is 36.1.